The van der Waals surface area contributed by atoms with Crippen LogP contribution in [0.1, 0.15) is 56.1 Å². The van der Waals surface area contributed by atoms with E-state index in [0.717, 1.165) is 16.8 Å². The fourth-order valence-electron chi connectivity index (χ4n) is 3.58. The first-order valence-corrected chi connectivity index (χ1v) is 8.14. The fraction of sp³-hybridized carbons (Fsp3) is 0.733. The third-order valence-electron chi connectivity index (χ3n) is 4.65. The van der Waals surface area contributed by atoms with Gasteiger partial charge in [0.1, 0.15) is 0 Å². The number of alkyl halides is 2. The summed E-state index contributed by atoms with van der Waals surface area (Å²) in [7, 11) is 2.06. The van der Waals surface area contributed by atoms with E-state index in [1.54, 1.807) is 6.92 Å². The van der Waals surface area contributed by atoms with Gasteiger partial charge in [-0.05, 0) is 40.2 Å². The highest BCUT2D eigenvalue weighted by molar-refractivity contribution is 14.1. The Bertz CT molecular complexity index is 505. The molecule has 2 rings (SSSR count). The van der Waals surface area contributed by atoms with Crippen LogP contribution in [-0.4, -0.2) is 19.6 Å². The van der Waals surface area contributed by atoms with Gasteiger partial charge in [-0.25, -0.2) is 4.39 Å². The average Bonchev–Trinajstić information content (AvgIpc) is 2.51. The van der Waals surface area contributed by atoms with Crippen molar-refractivity contribution in [1.29, 1.82) is 0 Å². The molecule has 0 amide bonds. The highest BCUT2D eigenvalue weighted by Gasteiger charge is 2.50. The summed E-state index contributed by atoms with van der Waals surface area (Å²) in [5.74, 6) is -1.06. The van der Waals surface area contributed by atoms with Gasteiger partial charge in [0.15, 0.2) is 5.79 Å². The van der Waals surface area contributed by atoms with Crippen LogP contribution in [0.3, 0.4) is 0 Å². The minimum Gasteiger partial charge on any atom is -0.351 e. The maximum absolute atomic E-state index is 15.6. The molecule has 0 saturated carbocycles. The Morgan fingerprint density at radius 1 is 1.32 bits per heavy atom. The molecule has 3 atom stereocenters. The van der Waals surface area contributed by atoms with Crippen LogP contribution in [0, 0.1) is 13.8 Å². The molecule has 108 valence electrons. The van der Waals surface area contributed by atoms with Gasteiger partial charge in [0.25, 0.3) is 0 Å². The molecule has 1 aliphatic heterocycles. The van der Waals surface area contributed by atoms with E-state index >= 15 is 4.39 Å². The van der Waals surface area contributed by atoms with Crippen molar-refractivity contribution in [2.45, 2.75) is 63.3 Å². The number of hydrogen-bond donors (Lipinski definition) is 0. The third kappa shape index (κ3) is 1.97. The zero-order valence-corrected chi connectivity index (χ0v) is 15.0. The number of nitrogens with zero attached hydrogens (tertiary/aromatic N) is 2. The van der Waals surface area contributed by atoms with Crippen LogP contribution in [0.4, 0.5) is 4.39 Å². The SMILES string of the molecule is Cc1c2c(n(C)c1C)C(C)C(I)N(C(C)C)C2(C)F. The molecule has 2 heterocycles. The second-order valence-electron chi connectivity index (χ2n) is 6.15. The Morgan fingerprint density at radius 2 is 1.84 bits per heavy atom. The monoisotopic (exact) mass is 378 g/mol. The molecule has 0 fully saturated rings. The first kappa shape index (κ1) is 15.3. The summed E-state index contributed by atoms with van der Waals surface area (Å²) in [6.45, 7) is 12.2. The molecule has 0 bridgehead atoms. The molecule has 1 aliphatic rings. The summed E-state index contributed by atoms with van der Waals surface area (Å²) in [6.07, 6.45) is 0. The van der Waals surface area contributed by atoms with Crippen molar-refractivity contribution in [3.8, 4) is 0 Å². The highest BCUT2D eigenvalue weighted by atomic mass is 127. The number of halogens is 2. The van der Waals surface area contributed by atoms with Crippen molar-refractivity contribution in [1.82, 2.24) is 9.47 Å². The lowest BCUT2D eigenvalue weighted by atomic mass is 9.87. The third-order valence-corrected chi connectivity index (χ3v) is 6.32. The molecule has 0 aromatic carbocycles. The zero-order chi connectivity index (χ0) is 14.7. The maximum atomic E-state index is 15.6. The Morgan fingerprint density at radius 3 is 2.32 bits per heavy atom. The van der Waals surface area contributed by atoms with Crippen molar-refractivity contribution in [2.24, 2.45) is 7.05 Å². The van der Waals surface area contributed by atoms with E-state index in [1.165, 1.54) is 5.69 Å². The van der Waals surface area contributed by atoms with Gasteiger partial charge >= 0.3 is 0 Å². The van der Waals surface area contributed by atoms with Gasteiger partial charge in [0, 0.05) is 36.0 Å². The lowest BCUT2D eigenvalue weighted by molar-refractivity contribution is -0.0658. The molecule has 0 aliphatic carbocycles. The Labute approximate surface area is 129 Å². The molecule has 0 radical (unpaired) electrons. The van der Waals surface area contributed by atoms with Crippen LogP contribution in [0.2, 0.25) is 0 Å². The Kier molecular flexibility index (Phi) is 3.80. The minimum atomic E-state index is -1.39. The van der Waals surface area contributed by atoms with Crippen molar-refractivity contribution < 1.29 is 4.39 Å². The van der Waals surface area contributed by atoms with Crippen LogP contribution in [0.15, 0.2) is 0 Å². The normalized spacial score (nSPS) is 31.9. The number of rotatable bonds is 1. The number of aromatic nitrogens is 1. The zero-order valence-electron chi connectivity index (χ0n) is 12.9. The van der Waals surface area contributed by atoms with E-state index in [9.17, 15) is 0 Å². The van der Waals surface area contributed by atoms with Crippen LogP contribution < -0.4 is 0 Å². The van der Waals surface area contributed by atoms with E-state index in [2.05, 4.69) is 61.9 Å². The number of fused-ring (bicyclic) bond motifs is 1. The predicted molar refractivity (Wildman–Crippen MR) is 86.5 cm³/mol. The summed E-state index contributed by atoms with van der Waals surface area (Å²) >= 11 is 2.39. The van der Waals surface area contributed by atoms with E-state index in [0.29, 0.717) is 5.92 Å². The van der Waals surface area contributed by atoms with Crippen LogP contribution in [-0.2, 0) is 12.8 Å². The van der Waals surface area contributed by atoms with Gasteiger partial charge in [-0.3, -0.25) is 4.90 Å². The largest absolute Gasteiger partial charge is 0.351 e. The molecule has 3 unspecified atom stereocenters. The highest BCUT2D eigenvalue weighted by Crippen LogP contribution is 2.50. The average molecular weight is 378 g/mol. The summed E-state index contributed by atoms with van der Waals surface area (Å²) in [4.78, 5) is 2.01. The van der Waals surface area contributed by atoms with Gasteiger partial charge < -0.3 is 4.57 Å². The van der Waals surface area contributed by atoms with E-state index in [1.807, 2.05) is 11.8 Å². The van der Waals surface area contributed by atoms with Crippen LogP contribution >= 0.6 is 22.6 Å². The first-order chi connectivity index (χ1) is 8.62. The maximum Gasteiger partial charge on any atom is 0.190 e. The summed E-state index contributed by atoms with van der Waals surface area (Å²) in [5, 5.41) is 0. The second kappa shape index (κ2) is 4.72. The second-order valence-corrected chi connectivity index (χ2v) is 7.42. The molecule has 0 spiro atoms. The van der Waals surface area contributed by atoms with Crippen LogP contribution in [0.5, 0.6) is 0 Å². The van der Waals surface area contributed by atoms with Crippen molar-refractivity contribution >= 4 is 22.6 Å². The standard InChI is InChI=1S/C15H24FIN2/c1-8(2)19-14(17)10(4)13-12(15(19,6)16)9(3)11(5)18(13)7/h8,10,14H,1-7H3. The molecular formula is C15H24FIN2. The minimum absolute atomic E-state index is 0.174. The Hall–Kier alpha value is -0.100. The molecule has 19 heavy (non-hydrogen) atoms. The van der Waals surface area contributed by atoms with Crippen molar-refractivity contribution in [2.75, 3.05) is 0 Å². The fourth-order valence-corrected chi connectivity index (χ4v) is 5.09. The van der Waals surface area contributed by atoms with E-state index < -0.39 is 5.79 Å². The topological polar surface area (TPSA) is 8.17 Å². The van der Waals surface area contributed by atoms with Gasteiger partial charge in [0.2, 0.25) is 0 Å². The molecular weight excluding hydrogens is 354 g/mol. The van der Waals surface area contributed by atoms with Gasteiger partial charge in [0.05, 0.1) is 4.05 Å². The lowest BCUT2D eigenvalue weighted by Gasteiger charge is -2.48. The molecule has 0 N–H and O–H groups in total. The number of hydrogen-bond acceptors (Lipinski definition) is 1. The summed E-state index contributed by atoms with van der Waals surface area (Å²) < 4.78 is 17.9. The smallest absolute Gasteiger partial charge is 0.190 e. The van der Waals surface area contributed by atoms with Gasteiger partial charge in [-0.1, -0.05) is 29.5 Å². The van der Waals surface area contributed by atoms with E-state index in [4.69, 9.17) is 0 Å². The predicted octanol–water partition coefficient (Wildman–Crippen LogP) is 4.37. The molecule has 2 nitrogen and oxygen atoms in total. The lowest BCUT2D eigenvalue weighted by Crippen LogP contribution is -2.54. The molecule has 0 saturated heterocycles. The molecule has 1 aromatic rings. The van der Waals surface area contributed by atoms with Crippen molar-refractivity contribution in [3.63, 3.8) is 0 Å². The van der Waals surface area contributed by atoms with Gasteiger partial charge in [-0.15, -0.1) is 0 Å². The molecule has 1 aromatic heterocycles. The van der Waals surface area contributed by atoms with E-state index in [-0.39, 0.29) is 10.1 Å². The summed E-state index contributed by atoms with van der Waals surface area (Å²) in [5.41, 5.74) is 4.33. The Balaban J connectivity index is 2.75. The van der Waals surface area contributed by atoms with Gasteiger partial charge in [-0.2, -0.15) is 0 Å². The quantitative estimate of drug-likeness (QED) is 0.400. The summed E-state index contributed by atoms with van der Waals surface area (Å²) in [6, 6.07) is 0.187. The van der Waals surface area contributed by atoms with Crippen molar-refractivity contribution in [3.05, 3.63) is 22.5 Å². The first-order valence-electron chi connectivity index (χ1n) is 6.90. The van der Waals surface area contributed by atoms with Crippen LogP contribution in [0.25, 0.3) is 0 Å². The molecule has 4 heteroatoms.